The van der Waals surface area contributed by atoms with Crippen molar-refractivity contribution in [2.45, 2.75) is 51.0 Å². The van der Waals surface area contributed by atoms with E-state index >= 15 is 0 Å². The fourth-order valence-electron chi connectivity index (χ4n) is 3.13. The van der Waals surface area contributed by atoms with Gasteiger partial charge in [0.25, 0.3) is 0 Å². The van der Waals surface area contributed by atoms with Gasteiger partial charge in [0.2, 0.25) is 15.9 Å². The standard InChI is InChI=1S/C20H32N2O6S/c1-4-22(5-2)29(24,25)17-9-10-19(27-6-3)18(14-17)21-20(23)11-13-26-15-16-8-7-12-28-16/h9-10,14,16H,4-8,11-13,15H2,1-3H3,(H,21,23). The van der Waals surface area contributed by atoms with Gasteiger partial charge in [-0.1, -0.05) is 13.8 Å². The number of benzene rings is 1. The predicted octanol–water partition coefficient (Wildman–Crippen LogP) is 2.64. The maximum Gasteiger partial charge on any atom is 0.243 e. The second kappa shape index (κ2) is 11.5. The third-order valence-electron chi connectivity index (χ3n) is 4.67. The molecule has 1 amide bonds. The smallest absolute Gasteiger partial charge is 0.243 e. The Hall–Kier alpha value is -1.68. The number of hydrogen-bond donors (Lipinski definition) is 1. The topological polar surface area (TPSA) is 94.2 Å². The number of carbonyl (C=O) groups excluding carboxylic acids is 1. The van der Waals surface area contributed by atoms with Crippen LogP contribution in [0.1, 0.15) is 40.0 Å². The maximum atomic E-state index is 12.8. The molecule has 2 rings (SSSR count). The molecule has 1 aromatic carbocycles. The van der Waals surface area contributed by atoms with E-state index in [1.54, 1.807) is 19.9 Å². The molecule has 1 aliphatic rings. The summed E-state index contributed by atoms with van der Waals surface area (Å²) in [5, 5.41) is 2.75. The normalized spacial score (nSPS) is 16.9. The third-order valence-corrected chi connectivity index (χ3v) is 6.72. The Balaban J connectivity index is 2.03. The number of carbonyl (C=O) groups is 1. The lowest BCUT2D eigenvalue weighted by Gasteiger charge is -2.20. The molecule has 0 radical (unpaired) electrons. The molecule has 1 saturated heterocycles. The average Bonchev–Trinajstić information content (AvgIpc) is 3.21. The van der Waals surface area contributed by atoms with Crippen molar-refractivity contribution in [3.63, 3.8) is 0 Å². The van der Waals surface area contributed by atoms with Crippen LogP contribution in [0.25, 0.3) is 0 Å². The summed E-state index contributed by atoms with van der Waals surface area (Å²) in [6, 6.07) is 4.52. The molecule has 0 bridgehead atoms. The van der Waals surface area contributed by atoms with E-state index in [-0.39, 0.29) is 29.9 Å². The number of ether oxygens (including phenoxy) is 3. The minimum Gasteiger partial charge on any atom is -0.492 e. The van der Waals surface area contributed by atoms with E-state index < -0.39 is 10.0 Å². The van der Waals surface area contributed by atoms with Crippen molar-refractivity contribution in [1.29, 1.82) is 0 Å². The molecule has 0 saturated carbocycles. The highest BCUT2D eigenvalue weighted by Crippen LogP contribution is 2.29. The van der Waals surface area contributed by atoms with Crippen LogP contribution in [0, 0.1) is 0 Å². The number of hydrogen-bond acceptors (Lipinski definition) is 6. The van der Waals surface area contributed by atoms with Gasteiger partial charge < -0.3 is 19.5 Å². The van der Waals surface area contributed by atoms with E-state index in [0.29, 0.717) is 37.7 Å². The van der Waals surface area contributed by atoms with Gasteiger partial charge >= 0.3 is 0 Å². The Bertz CT molecular complexity index is 758. The molecule has 0 aromatic heterocycles. The molecule has 1 N–H and O–H groups in total. The zero-order valence-corrected chi connectivity index (χ0v) is 18.3. The summed E-state index contributed by atoms with van der Waals surface area (Å²) in [7, 11) is -3.63. The quantitative estimate of drug-likeness (QED) is 0.515. The van der Waals surface area contributed by atoms with Crippen LogP contribution in [-0.2, 0) is 24.3 Å². The first-order valence-electron chi connectivity index (χ1n) is 10.2. The van der Waals surface area contributed by atoms with Crippen molar-refractivity contribution < 1.29 is 27.4 Å². The molecular weight excluding hydrogens is 396 g/mol. The van der Waals surface area contributed by atoms with Gasteiger partial charge in [-0.15, -0.1) is 0 Å². The highest BCUT2D eigenvalue weighted by Gasteiger charge is 2.23. The zero-order chi connectivity index (χ0) is 21.3. The van der Waals surface area contributed by atoms with E-state index in [0.717, 1.165) is 19.4 Å². The first-order chi connectivity index (χ1) is 13.9. The van der Waals surface area contributed by atoms with Gasteiger partial charge in [-0.25, -0.2) is 8.42 Å². The van der Waals surface area contributed by atoms with E-state index in [1.807, 2.05) is 6.92 Å². The summed E-state index contributed by atoms with van der Waals surface area (Å²) >= 11 is 0. The summed E-state index contributed by atoms with van der Waals surface area (Å²) in [6.07, 6.45) is 2.30. The molecule has 1 aromatic rings. The van der Waals surface area contributed by atoms with Gasteiger partial charge in [0.1, 0.15) is 5.75 Å². The Kier molecular flexibility index (Phi) is 9.35. The molecular formula is C20H32N2O6S. The number of nitrogens with one attached hydrogen (secondary N) is 1. The molecule has 9 heteroatoms. The van der Waals surface area contributed by atoms with Crippen LogP contribution in [0.15, 0.2) is 23.1 Å². The lowest BCUT2D eigenvalue weighted by molar-refractivity contribution is -0.117. The molecule has 1 atom stereocenters. The third kappa shape index (κ3) is 6.67. The number of rotatable bonds is 12. The van der Waals surface area contributed by atoms with Crippen LogP contribution in [0.2, 0.25) is 0 Å². The molecule has 164 valence electrons. The van der Waals surface area contributed by atoms with E-state index in [1.165, 1.54) is 16.4 Å². The van der Waals surface area contributed by atoms with Gasteiger partial charge in [0, 0.05) is 19.7 Å². The van der Waals surface area contributed by atoms with Crippen LogP contribution in [-0.4, -0.2) is 64.3 Å². The summed E-state index contributed by atoms with van der Waals surface area (Å²) in [4.78, 5) is 12.5. The minimum absolute atomic E-state index is 0.115. The number of nitrogens with zero attached hydrogens (tertiary/aromatic N) is 1. The molecule has 0 spiro atoms. The highest BCUT2D eigenvalue weighted by atomic mass is 32.2. The summed E-state index contributed by atoms with van der Waals surface area (Å²) in [5.74, 6) is 0.162. The van der Waals surface area contributed by atoms with Crippen molar-refractivity contribution in [1.82, 2.24) is 4.31 Å². The molecule has 0 aliphatic carbocycles. The van der Waals surface area contributed by atoms with Crippen molar-refractivity contribution in [2.75, 3.05) is 44.8 Å². The van der Waals surface area contributed by atoms with Crippen molar-refractivity contribution in [2.24, 2.45) is 0 Å². The summed E-state index contributed by atoms with van der Waals surface area (Å²) in [6.45, 7) is 8.06. The van der Waals surface area contributed by atoms with Gasteiger partial charge in [0.15, 0.2) is 0 Å². The highest BCUT2D eigenvalue weighted by molar-refractivity contribution is 7.89. The molecule has 8 nitrogen and oxygen atoms in total. The fourth-order valence-corrected chi connectivity index (χ4v) is 4.61. The van der Waals surface area contributed by atoms with Crippen molar-refractivity contribution in [3.8, 4) is 5.75 Å². The van der Waals surface area contributed by atoms with Crippen LogP contribution in [0.3, 0.4) is 0 Å². The van der Waals surface area contributed by atoms with Crippen LogP contribution in [0.5, 0.6) is 5.75 Å². The fraction of sp³-hybridized carbons (Fsp3) is 0.650. The van der Waals surface area contributed by atoms with Gasteiger partial charge in [-0.3, -0.25) is 4.79 Å². The number of amides is 1. The molecule has 1 unspecified atom stereocenters. The summed E-state index contributed by atoms with van der Waals surface area (Å²) in [5.41, 5.74) is 0.337. The van der Waals surface area contributed by atoms with Gasteiger partial charge in [-0.2, -0.15) is 4.31 Å². The maximum absolute atomic E-state index is 12.8. The Morgan fingerprint density at radius 3 is 2.66 bits per heavy atom. The number of sulfonamides is 1. The molecule has 1 fully saturated rings. The Morgan fingerprint density at radius 1 is 1.28 bits per heavy atom. The molecule has 1 aliphatic heterocycles. The Labute approximate surface area is 173 Å². The van der Waals surface area contributed by atoms with Gasteiger partial charge in [-0.05, 0) is 38.0 Å². The first kappa shape index (κ1) is 23.6. The minimum atomic E-state index is -3.63. The number of anilines is 1. The molecule has 1 heterocycles. The van der Waals surface area contributed by atoms with E-state index in [9.17, 15) is 13.2 Å². The monoisotopic (exact) mass is 428 g/mol. The van der Waals surface area contributed by atoms with E-state index in [2.05, 4.69) is 5.32 Å². The van der Waals surface area contributed by atoms with Crippen LogP contribution in [0.4, 0.5) is 5.69 Å². The SMILES string of the molecule is CCOc1ccc(S(=O)(=O)N(CC)CC)cc1NC(=O)CCOCC1CCCO1. The van der Waals surface area contributed by atoms with Crippen molar-refractivity contribution in [3.05, 3.63) is 18.2 Å². The lowest BCUT2D eigenvalue weighted by Crippen LogP contribution is -2.30. The second-order valence-electron chi connectivity index (χ2n) is 6.69. The first-order valence-corrected chi connectivity index (χ1v) is 11.6. The largest absolute Gasteiger partial charge is 0.492 e. The molecule has 29 heavy (non-hydrogen) atoms. The second-order valence-corrected chi connectivity index (χ2v) is 8.63. The zero-order valence-electron chi connectivity index (χ0n) is 17.5. The summed E-state index contributed by atoms with van der Waals surface area (Å²) < 4.78 is 43.5. The lowest BCUT2D eigenvalue weighted by atomic mass is 10.2. The predicted molar refractivity (Wildman–Crippen MR) is 111 cm³/mol. The van der Waals surface area contributed by atoms with Crippen molar-refractivity contribution >= 4 is 21.6 Å². The van der Waals surface area contributed by atoms with Crippen LogP contribution >= 0.6 is 0 Å². The average molecular weight is 429 g/mol. The van der Waals surface area contributed by atoms with E-state index in [4.69, 9.17) is 14.2 Å². The Morgan fingerprint density at radius 2 is 2.03 bits per heavy atom. The van der Waals surface area contributed by atoms with Crippen LogP contribution < -0.4 is 10.1 Å². The van der Waals surface area contributed by atoms with Gasteiger partial charge in [0.05, 0.1) is 42.9 Å².